The predicted molar refractivity (Wildman–Crippen MR) is 162 cm³/mol. The molecule has 47 heavy (non-hydrogen) atoms. The van der Waals surface area contributed by atoms with Crippen LogP contribution in [0.1, 0.15) is 54.3 Å². The fraction of sp³-hybridized carbons (Fsp3) is 0.438. The Hall–Kier alpha value is -4.37. The van der Waals surface area contributed by atoms with Gasteiger partial charge in [0, 0.05) is 40.4 Å². The summed E-state index contributed by atoms with van der Waals surface area (Å²) in [4.78, 5) is 54.3. The lowest BCUT2D eigenvalue weighted by Crippen LogP contribution is -2.66. The Morgan fingerprint density at radius 3 is 2.79 bits per heavy atom. The van der Waals surface area contributed by atoms with E-state index in [1.807, 2.05) is 17.2 Å². The quantitative estimate of drug-likeness (QED) is 0.339. The average Bonchev–Trinajstić information content (AvgIpc) is 3.21. The van der Waals surface area contributed by atoms with Gasteiger partial charge in [0.2, 0.25) is 24.1 Å². The number of fused-ring (bicyclic) bond motifs is 3. The molecule has 5 aliphatic rings. The van der Waals surface area contributed by atoms with E-state index in [0.29, 0.717) is 12.0 Å². The van der Waals surface area contributed by atoms with Crippen molar-refractivity contribution in [2.75, 3.05) is 38.2 Å². The largest absolute Gasteiger partial charge is 0.512 e. The number of carbonyl (C=O) groups is 3. The second-order valence-corrected chi connectivity index (χ2v) is 13.4. The van der Waals surface area contributed by atoms with Crippen molar-refractivity contribution in [2.24, 2.45) is 5.41 Å². The highest BCUT2D eigenvalue weighted by molar-refractivity contribution is 8.02. The van der Waals surface area contributed by atoms with Gasteiger partial charge in [0.15, 0.2) is 17.3 Å². The molecule has 1 aromatic heterocycles. The first-order valence-corrected chi connectivity index (χ1v) is 16.1. The van der Waals surface area contributed by atoms with Crippen molar-refractivity contribution < 1.29 is 46.8 Å². The summed E-state index contributed by atoms with van der Waals surface area (Å²) in [5.41, 5.74) is 0.133. The number of allylic oxidation sites excluding steroid dienone is 2. The first kappa shape index (κ1) is 31.2. The van der Waals surface area contributed by atoms with Gasteiger partial charge in [0.25, 0.3) is 5.91 Å². The molecule has 12 nitrogen and oxygen atoms in total. The molecule has 1 aromatic carbocycles. The van der Waals surface area contributed by atoms with Crippen LogP contribution in [0.5, 0.6) is 5.75 Å². The summed E-state index contributed by atoms with van der Waals surface area (Å²) in [7, 11) is 0. The highest BCUT2D eigenvalue weighted by Crippen LogP contribution is 2.47. The van der Waals surface area contributed by atoms with E-state index in [1.54, 1.807) is 24.8 Å². The van der Waals surface area contributed by atoms with E-state index in [2.05, 4.69) is 0 Å². The third-order valence-corrected chi connectivity index (χ3v) is 10.1. The number of pyridine rings is 1. The van der Waals surface area contributed by atoms with Crippen LogP contribution in [0.15, 0.2) is 51.8 Å². The van der Waals surface area contributed by atoms with E-state index in [1.165, 1.54) is 28.7 Å². The number of hydrogen-bond acceptors (Lipinski definition) is 11. The van der Waals surface area contributed by atoms with Crippen LogP contribution in [0.2, 0.25) is 0 Å². The summed E-state index contributed by atoms with van der Waals surface area (Å²) in [6.45, 7) is 3.19. The van der Waals surface area contributed by atoms with E-state index in [-0.39, 0.29) is 49.1 Å². The van der Waals surface area contributed by atoms with E-state index in [9.17, 15) is 23.6 Å². The number of morpholine rings is 1. The number of amides is 1. The summed E-state index contributed by atoms with van der Waals surface area (Å²) < 4.78 is 58.1. The van der Waals surface area contributed by atoms with Gasteiger partial charge in [0.1, 0.15) is 12.8 Å². The number of hydrogen-bond donors (Lipinski definition) is 0. The minimum atomic E-state index is -1.22. The molecular weight excluding hydrogens is 640 g/mol. The highest BCUT2D eigenvalue weighted by atomic mass is 32.2. The molecule has 1 amide bonds. The van der Waals surface area contributed by atoms with Crippen molar-refractivity contribution >= 4 is 29.8 Å². The van der Waals surface area contributed by atoms with E-state index < -0.39 is 65.6 Å². The number of carbonyl (C=O) groups excluding carboxylic acids is 3. The van der Waals surface area contributed by atoms with Gasteiger partial charge in [-0.15, -0.1) is 11.8 Å². The molecule has 2 aromatic rings. The van der Waals surface area contributed by atoms with Crippen LogP contribution in [-0.4, -0.2) is 73.0 Å². The molecule has 7 rings (SSSR count). The molecule has 0 saturated carbocycles. The van der Waals surface area contributed by atoms with Gasteiger partial charge in [-0.1, -0.05) is 32.1 Å². The molecule has 1 aliphatic carbocycles. The number of rotatable bonds is 5. The van der Waals surface area contributed by atoms with Crippen LogP contribution in [0, 0.1) is 17.0 Å². The first-order valence-electron chi connectivity index (χ1n) is 15.1. The van der Waals surface area contributed by atoms with E-state index in [4.69, 9.17) is 23.7 Å². The monoisotopic (exact) mass is 671 g/mol. The van der Waals surface area contributed by atoms with Crippen LogP contribution >= 0.6 is 11.8 Å². The Bertz CT molecular complexity index is 1790. The summed E-state index contributed by atoms with van der Waals surface area (Å²) in [6.07, 6.45) is 3.71. The maximum Gasteiger partial charge on any atom is 0.512 e. The SMILES string of the molecule is CC1(C)COC(=O)[C@H]1OC(=O)OCOc1c2n(ccc1=O)N([C@@H]1C3=C(C=CCC3)SCc3c1ccc(F)c3F)[C@@H]1COCCN1C2=O. The lowest BCUT2D eigenvalue weighted by Gasteiger charge is -2.52. The number of benzene rings is 1. The molecule has 5 heterocycles. The smallest absolute Gasteiger partial charge is 0.462 e. The number of cyclic esters (lactones) is 1. The topological polar surface area (TPSA) is 126 Å². The van der Waals surface area contributed by atoms with Gasteiger partial charge in [-0.05, 0) is 30.0 Å². The number of esters is 1. The van der Waals surface area contributed by atoms with Gasteiger partial charge in [-0.25, -0.2) is 18.4 Å². The summed E-state index contributed by atoms with van der Waals surface area (Å²) in [6, 6.07) is 3.20. The molecule has 15 heteroatoms. The maximum absolute atomic E-state index is 15.4. The molecule has 0 radical (unpaired) electrons. The third kappa shape index (κ3) is 5.34. The predicted octanol–water partition coefficient (Wildman–Crippen LogP) is 3.91. The van der Waals surface area contributed by atoms with Gasteiger partial charge in [-0.3, -0.25) is 19.3 Å². The Morgan fingerprint density at radius 2 is 2.00 bits per heavy atom. The Balaban J connectivity index is 1.28. The Morgan fingerprint density at radius 1 is 1.17 bits per heavy atom. The van der Waals surface area contributed by atoms with Crippen LogP contribution in [-0.2, 0) is 29.5 Å². The molecular formula is C32H31F2N3O9S. The molecule has 4 aliphatic heterocycles. The zero-order valence-corrected chi connectivity index (χ0v) is 26.3. The summed E-state index contributed by atoms with van der Waals surface area (Å²) in [5.74, 6) is -3.30. The fourth-order valence-electron chi connectivity index (χ4n) is 6.58. The number of nitrogens with zero attached hydrogens (tertiary/aromatic N) is 3. The van der Waals surface area contributed by atoms with Crippen molar-refractivity contribution in [3.05, 3.63) is 85.7 Å². The zero-order valence-electron chi connectivity index (χ0n) is 25.5. The molecule has 248 valence electrons. The number of aromatic nitrogens is 1. The van der Waals surface area contributed by atoms with Crippen molar-refractivity contribution in [1.29, 1.82) is 0 Å². The second-order valence-electron chi connectivity index (χ2n) is 12.3. The third-order valence-electron chi connectivity index (χ3n) is 8.92. The van der Waals surface area contributed by atoms with Gasteiger partial charge in [0.05, 0.1) is 19.3 Å². The number of ether oxygens (including phenoxy) is 5. The molecule has 0 N–H and O–H groups in total. The second kappa shape index (κ2) is 12.0. The molecule has 0 spiro atoms. The van der Waals surface area contributed by atoms with Crippen LogP contribution in [0.4, 0.5) is 13.6 Å². The molecule has 2 saturated heterocycles. The number of halogens is 2. The summed E-state index contributed by atoms with van der Waals surface area (Å²) >= 11 is 1.42. The highest BCUT2D eigenvalue weighted by Gasteiger charge is 2.48. The minimum absolute atomic E-state index is 0.0643. The molecule has 2 fully saturated rings. The summed E-state index contributed by atoms with van der Waals surface area (Å²) in [5, 5.41) is 1.85. The van der Waals surface area contributed by atoms with E-state index in [0.717, 1.165) is 23.0 Å². The van der Waals surface area contributed by atoms with E-state index >= 15 is 4.39 Å². The fourth-order valence-corrected chi connectivity index (χ4v) is 7.77. The van der Waals surface area contributed by atoms with Gasteiger partial charge < -0.3 is 28.6 Å². The minimum Gasteiger partial charge on any atom is -0.462 e. The van der Waals surface area contributed by atoms with Crippen LogP contribution in [0.3, 0.4) is 0 Å². The number of thioether (sulfide) groups is 1. The normalized spacial score (nSPS) is 24.5. The standard InChI is InChI=1S/C32H31F2N3O9S/c1-32(2)15-43-30(40)28(32)46-31(41)45-16-44-27-21(38)9-10-36-26(27)29(39)35-11-12-42-13-23(35)37(36)25-17-7-8-20(33)24(34)19(17)14-47-22-6-4-3-5-18(22)25/h4,6-10,23,25,28H,3,5,11-16H2,1-2H3/t23-,25+,28-/m1/s1. The van der Waals surface area contributed by atoms with Crippen molar-refractivity contribution in [2.45, 2.75) is 50.8 Å². The lowest BCUT2D eigenvalue weighted by atomic mass is 9.88. The first-order chi connectivity index (χ1) is 22.6. The Labute approximate surface area is 271 Å². The molecule has 0 unspecified atom stereocenters. The van der Waals surface area contributed by atoms with Crippen molar-refractivity contribution in [3.8, 4) is 5.75 Å². The molecule has 0 bridgehead atoms. The lowest BCUT2D eigenvalue weighted by molar-refractivity contribution is -0.147. The average molecular weight is 672 g/mol. The molecule has 3 atom stereocenters. The van der Waals surface area contributed by atoms with Gasteiger partial charge >= 0.3 is 12.1 Å². The zero-order chi connectivity index (χ0) is 33.0. The van der Waals surface area contributed by atoms with Crippen LogP contribution in [0.25, 0.3) is 0 Å². The Kier molecular flexibility index (Phi) is 7.99. The maximum atomic E-state index is 15.4. The van der Waals surface area contributed by atoms with Crippen LogP contribution < -0.4 is 15.2 Å². The van der Waals surface area contributed by atoms with Gasteiger partial charge in [-0.2, -0.15) is 0 Å². The van der Waals surface area contributed by atoms with Crippen molar-refractivity contribution in [3.63, 3.8) is 0 Å². The van der Waals surface area contributed by atoms with Crippen molar-refractivity contribution in [1.82, 2.24) is 9.58 Å².